The highest BCUT2D eigenvalue weighted by Crippen LogP contribution is 2.29. The number of rotatable bonds is 5. The summed E-state index contributed by atoms with van der Waals surface area (Å²) in [7, 11) is -3.78. The summed E-state index contributed by atoms with van der Waals surface area (Å²) in [4.78, 5) is 12.6. The Bertz CT molecular complexity index is 1020. The second-order valence-corrected chi connectivity index (χ2v) is 10.3. The normalized spacial score (nSPS) is 14.6. The smallest absolute Gasteiger partial charge is 0.262 e. The van der Waals surface area contributed by atoms with Crippen molar-refractivity contribution < 1.29 is 13.2 Å². The van der Waals surface area contributed by atoms with Gasteiger partial charge in [0.05, 0.1) is 10.6 Å². The Morgan fingerprint density at radius 3 is 2.25 bits per heavy atom. The quantitative estimate of drug-likeness (QED) is 0.786. The van der Waals surface area contributed by atoms with Gasteiger partial charge in [-0.05, 0) is 67.0 Å². The highest BCUT2D eigenvalue weighted by molar-refractivity contribution is 7.92. The number of amides is 1. The van der Waals surface area contributed by atoms with Crippen LogP contribution in [0.15, 0.2) is 41.3 Å². The van der Waals surface area contributed by atoms with Gasteiger partial charge in [0.15, 0.2) is 0 Å². The maximum Gasteiger partial charge on any atom is 0.262 e. The van der Waals surface area contributed by atoms with Crippen molar-refractivity contribution in [3.8, 4) is 0 Å². The molecule has 1 aliphatic carbocycles. The zero-order chi connectivity index (χ0) is 20.7. The van der Waals surface area contributed by atoms with Gasteiger partial charge in [0.2, 0.25) is 0 Å². The van der Waals surface area contributed by atoms with Crippen LogP contribution in [0.3, 0.4) is 0 Å². The second kappa shape index (κ2) is 7.24. The van der Waals surface area contributed by atoms with Gasteiger partial charge in [0.1, 0.15) is 0 Å². The molecular formula is C22H28N2O3S. The lowest BCUT2D eigenvalue weighted by Gasteiger charge is -2.21. The molecule has 2 aromatic rings. The van der Waals surface area contributed by atoms with E-state index in [0.717, 1.165) is 24.0 Å². The van der Waals surface area contributed by atoms with Crippen LogP contribution in [0.4, 0.5) is 5.69 Å². The summed E-state index contributed by atoms with van der Waals surface area (Å²) >= 11 is 0. The largest absolute Gasteiger partial charge is 0.349 e. The van der Waals surface area contributed by atoms with Gasteiger partial charge >= 0.3 is 0 Å². The first-order chi connectivity index (χ1) is 13.0. The summed E-state index contributed by atoms with van der Waals surface area (Å²) in [5, 5.41) is 2.93. The minimum atomic E-state index is -3.78. The van der Waals surface area contributed by atoms with Crippen LogP contribution in [-0.2, 0) is 15.4 Å². The molecule has 0 aromatic heterocycles. The molecule has 6 heteroatoms. The highest BCUT2D eigenvalue weighted by Gasteiger charge is 2.25. The van der Waals surface area contributed by atoms with Gasteiger partial charge < -0.3 is 5.32 Å². The molecule has 5 nitrogen and oxygen atoms in total. The number of carbonyl (C=O) groups is 1. The molecule has 0 atom stereocenters. The van der Waals surface area contributed by atoms with Gasteiger partial charge in [-0.15, -0.1) is 0 Å². The van der Waals surface area contributed by atoms with E-state index in [1.54, 1.807) is 31.2 Å². The van der Waals surface area contributed by atoms with Crippen molar-refractivity contribution in [3.63, 3.8) is 0 Å². The summed E-state index contributed by atoms with van der Waals surface area (Å²) < 4.78 is 28.9. The lowest BCUT2D eigenvalue weighted by molar-refractivity contribution is 0.0951. The molecule has 1 fully saturated rings. The summed E-state index contributed by atoms with van der Waals surface area (Å²) in [5.74, 6) is -0.172. The number of nitrogens with one attached hydrogen (secondary N) is 2. The predicted molar refractivity (Wildman–Crippen MR) is 112 cm³/mol. The molecule has 2 aromatic carbocycles. The Hall–Kier alpha value is -2.34. The number of sulfonamides is 1. The molecule has 1 aliphatic rings. The zero-order valence-corrected chi connectivity index (χ0v) is 17.9. The molecule has 0 unspecified atom stereocenters. The van der Waals surface area contributed by atoms with Crippen LogP contribution in [-0.4, -0.2) is 20.4 Å². The maximum absolute atomic E-state index is 13.1. The Morgan fingerprint density at radius 2 is 1.64 bits per heavy atom. The fraction of sp³-hybridized carbons (Fsp3) is 0.409. The summed E-state index contributed by atoms with van der Waals surface area (Å²) in [6.45, 7) is 9.75. The Labute approximate surface area is 167 Å². The van der Waals surface area contributed by atoms with Crippen LogP contribution >= 0.6 is 0 Å². The van der Waals surface area contributed by atoms with E-state index < -0.39 is 10.0 Å². The van der Waals surface area contributed by atoms with Crippen LogP contribution in [0.5, 0.6) is 0 Å². The first-order valence-corrected chi connectivity index (χ1v) is 11.0. The minimum absolute atomic E-state index is 0.158. The standard InChI is InChI=1S/C22H28N2O3S/c1-14-6-8-16(21(25)23-18-10-11-18)12-19(14)24-28(26,27)20-13-17(22(3,4)5)9-7-15(20)2/h6-9,12-13,18,24H,10-11H2,1-5H3,(H,23,25). The first-order valence-electron chi connectivity index (χ1n) is 9.53. The average molecular weight is 401 g/mol. The lowest BCUT2D eigenvalue weighted by atomic mass is 9.87. The van der Waals surface area contributed by atoms with Crippen molar-refractivity contribution in [3.05, 3.63) is 58.7 Å². The minimum Gasteiger partial charge on any atom is -0.349 e. The van der Waals surface area contributed by atoms with E-state index in [2.05, 4.69) is 10.0 Å². The van der Waals surface area contributed by atoms with Crippen molar-refractivity contribution in [2.24, 2.45) is 0 Å². The summed E-state index contributed by atoms with van der Waals surface area (Å²) in [6, 6.07) is 10.9. The third kappa shape index (κ3) is 4.55. The van der Waals surface area contributed by atoms with E-state index in [-0.39, 0.29) is 22.3 Å². The molecule has 0 spiro atoms. The van der Waals surface area contributed by atoms with Crippen molar-refractivity contribution in [1.29, 1.82) is 0 Å². The van der Waals surface area contributed by atoms with E-state index in [1.807, 2.05) is 39.8 Å². The van der Waals surface area contributed by atoms with Crippen molar-refractivity contribution >= 4 is 21.6 Å². The van der Waals surface area contributed by atoms with Crippen molar-refractivity contribution in [2.45, 2.75) is 63.8 Å². The van der Waals surface area contributed by atoms with E-state index in [0.29, 0.717) is 16.8 Å². The Kier molecular flexibility index (Phi) is 5.28. The fourth-order valence-corrected chi connectivity index (χ4v) is 4.32. The SMILES string of the molecule is Cc1ccc(C(=O)NC2CC2)cc1NS(=O)(=O)c1cc(C(C)(C)C)ccc1C. The number of hydrogen-bond donors (Lipinski definition) is 2. The summed E-state index contributed by atoms with van der Waals surface area (Å²) in [6.07, 6.45) is 2.00. The molecule has 1 saturated carbocycles. The van der Waals surface area contributed by atoms with Crippen LogP contribution in [0.2, 0.25) is 0 Å². The Balaban J connectivity index is 1.93. The van der Waals surface area contributed by atoms with Gasteiger partial charge in [-0.2, -0.15) is 0 Å². The maximum atomic E-state index is 13.1. The molecule has 1 amide bonds. The van der Waals surface area contributed by atoms with Crippen LogP contribution < -0.4 is 10.0 Å². The van der Waals surface area contributed by atoms with Gasteiger partial charge in [-0.1, -0.05) is 39.0 Å². The monoisotopic (exact) mass is 400 g/mol. The molecule has 0 radical (unpaired) electrons. The van der Waals surface area contributed by atoms with Gasteiger partial charge in [0.25, 0.3) is 15.9 Å². The van der Waals surface area contributed by atoms with Crippen LogP contribution in [0.25, 0.3) is 0 Å². The van der Waals surface area contributed by atoms with Crippen molar-refractivity contribution in [2.75, 3.05) is 4.72 Å². The summed E-state index contributed by atoms with van der Waals surface area (Å²) in [5.41, 5.74) is 3.11. The molecule has 28 heavy (non-hydrogen) atoms. The molecule has 3 rings (SSSR count). The first kappa shape index (κ1) is 20.4. The van der Waals surface area contributed by atoms with Crippen molar-refractivity contribution in [1.82, 2.24) is 5.32 Å². The van der Waals surface area contributed by atoms with E-state index >= 15 is 0 Å². The number of anilines is 1. The number of benzene rings is 2. The van der Waals surface area contributed by atoms with E-state index in [1.165, 1.54) is 0 Å². The molecular weight excluding hydrogens is 372 g/mol. The third-order valence-electron chi connectivity index (χ3n) is 5.00. The highest BCUT2D eigenvalue weighted by atomic mass is 32.2. The number of hydrogen-bond acceptors (Lipinski definition) is 3. The number of carbonyl (C=O) groups excluding carboxylic acids is 1. The lowest BCUT2D eigenvalue weighted by Crippen LogP contribution is -2.25. The van der Waals surface area contributed by atoms with Gasteiger partial charge in [0, 0.05) is 11.6 Å². The molecule has 0 heterocycles. The molecule has 2 N–H and O–H groups in total. The molecule has 0 aliphatic heterocycles. The molecule has 0 bridgehead atoms. The molecule has 0 saturated heterocycles. The van der Waals surface area contributed by atoms with Gasteiger partial charge in [-0.3, -0.25) is 9.52 Å². The van der Waals surface area contributed by atoms with Crippen LogP contribution in [0, 0.1) is 13.8 Å². The zero-order valence-electron chi connectivity index (χ0n) is 17.1. The topological polar surface area (TPSA) is 75.3 Å². The van der Waals surface area contributed by atoms with Gasteiger partial charge in [-0.25, -0.2) is 8.42 Å². The second-order valence-electron chi connectivity index (χ2n) is 8.61. The van der Waals surface area contributed by atoms with Crippen LogP contribution in [0.1, 0.15) is 60.7 Å². The third-order valence-corrected chi connectivity index (χ3v) is 6.51. The predicted octanol–water partition coefficient (Wildman–Crippen LogP) is 4.29. The van der Waals surface area contributed by atoms with E-state index in [9.17, 15) is 13.2 Å². The molecule has 150 valence electrons. The van der Waals surface area contributed by atoms with E-state index in [4.69, 9.17) is 0 Å². The Morgan fingerprint density at radius 1 is 1.00 bits per heavy atom. The average Bonchev–Trinajstić information content (AvgIpc) is 3.39. The number of aryl methyl sites for hydroxylation is 2. The fourth-order valence-electron chi connectivity index (χ4n) is 2.93.